The van der Waals surface area contributed by atoms with Gasteiger partial charge in [-0.3, -0.25) is 38.4 Å². The third kappa shape index (κ3) is 13.7. The molecule has 4 rings (SSSR count). The summed E-state index contributed by atoms with van der Waals surface area (Å²) in [6, 6.07) is 11.5. The van der Waals surface area contributed by atoms with E-state index in [2.05, 4.69) is 10.6 Å². The summed E-state index contributed by atoms with van der Waals surface area (Å²) in [5.74, 6) is -6.13. The van der Waals surface area contributed by atoms with Crippen molar-refractivity contribution in [2.45, 2.75) is 116 Å². The fourth-order valence-electron chi connectivity index (χ4n) is 6.87. The summed E-state index contributed by atoms with van der Waals surface area (Å²) < 4.78 is 55.9. The van der Waals surface area contributed by atoms with Crippen LogP contribution in [-0.2, 0) is 85.7 Å². The Hall–Kier alpha value is -6.61. The van der Waals surface area contributed by atoms with Gasteiger partial charge in [0.05, 0.1) is 0 Å². The maximum Gasteiger partial charge on any atom is 0.323 e. The Labute approximate surface area is 355 Å². The van der Waals surface area contributed by atoms with Crippen LogP contribution in [0.25, 0.3) is 0 Å². The molecule has 0 bridgehead atoms. The molecule has 0 saturated carbocycles. The maximum absolute atomic E-state index is 13.5. The van der Waals surface area contributed by atoms with Crippen LogP contribution in [0.5, 0.6) is 0 Å². The predicted octanol–water partition coefficient (Wildman–Crippen LogP) is 2.93. The van der Waals surface area contributed by atoms with Crippen LogP contribution in [0.3, 0.4) is 0 Å². The van der Waals surface area contributed by atoms with E-state index in [1.165, 1.54) is 24.3 Å². The molecule has 21 nitrogen and oxygen atoms in total. The fourth-order valence-corrected chi connectivity index (χ4v) is 6.87. The van der Waals surface area contributed by atoms with Crippen molar-refractivity contribution in [1.29, 1.82) is 0 Å². The lowest BCUT2D eigenvalue weighted by atomic mass is 9.90. The number of hydrogen-bond acceptors (Lipinski definition) is 19. The zero-order valence-corrected chi connectivity index (χ0v) is 35.1. The summed E-state index contributed by atoms with van der Waals surface area (Å²) in [6.45, 7) is 8.06. The van der Waals surface area contributed by atoms with Crippen LogP contribution in [0.4, 0.5) is 16.2 Å². The van der Waals surface area contributed by atoms with Crippen molar-refractivity contribution in [2.24, 2.45) is 0 Å². The number of nitrogens with one attached hydrogen (secondary N) is 2. The Morgan fingerprint density at radius 2 is 0.742 bits per heavy atom. The van der Waals surface area contributed by atoms with Gasteiger partial charge in [-0.15, -0.1) is 0 Å². The molecule has 0 radical (unpaired) electrons. The number of carbonyl (C=O) groups excluding carboxylic acids is 9. The second kappa shape index (κ2) is 21.8. The largest absolute Gasteiger partial charge is 0.463 e. The Morgan fingerprint density at radius 3 is 1.05 bits per heavy atom. The minimum Gasteiger partial charge on any atom is -0.463 e. The van der Waals surface area contributed by atoms with Crippen molar-refractivity contribution < 1.29 is 90.5 Å². The third-order valence-corrected chi connectivity index (χ3v) is 8.93. The molecule has 2 aliphatic heterocycles. The van der Waals surface area contributed by atoms with Crippen LogP contribution in [-0.4, -0.2) is 116 Å². The molecule has 0 unspecified atom stereocenters. The van der Waals surface area contributed by atoms with Gasteiger partial charge in [0.1, 0.15) is 37.6 Å². The Morgan fingerprint density at radius 1 is 0.435 bits per heavy atom. The van der Waals surface area contributed by atoms with Gasteiger partial charge in [-0.25, -0.2) is 4.79 Å². The molecule has 2 saturated heterocycles. The number of esters is 8. The lowest BCUT2D eigenvalue weighted by molar-refractivity contribution is -0.254. The Balaban J connectivity index is 1.64. The summed E-state index contributed by atoms with van der Waals surface area (Å²) in [5.41, 5.74) is 0.990. The van der Waals surface area contributed by atoms with Gasteiger partial charge in [0, 0.05) is 66.8 Å². The van der Waals surface area contributed by atoms with E-state index in [1.807, 2.05) is 0 Å². The molecule has 2 heterocycles. The SMILES string of the molecule is CC(=O)OC[C@H]1O[C@H](c2cccc(NC(=O)Nc3cccc([C@H]4O[C@H](COC(C)=O)[C@@H](OC(C)=O)[C@H](OC(C)=O)[C@@H]4OC(C)=O)c3)c2)[C@@H](OC(C)=O)[C@@H](OC(C)=O)[C@@H]1OC(C)=O. The van der Waals surface area contributed by atoms with E-state index >= 15 is 0 Å². The average molecular weight is 873 g/mol. The number of benzene rings is 2. The smallest absolute Gasteiger partial charge is 0.323 e. The molecule has 10 atom stereocenters. The van der Waals surface area contributed by atoms with E-state index in [0.29, 0.717) is 11.1 Å². The zero-order valence-electron chi connectivity index (χ0n) is 35.1. The first-order chi connectivity index (χ1) is 29.2. The minimum atomic E-state index is -1.42. The summed E-state index contributed by atoms with van der Waals surface area (Å²) in [6.07, 6.45) is -13.2. The van der Waals surface area contributed by atoms with E-state index in [4.69, 9.17) is 47.4 Å². The number of anilines is 2. The van der Waals surface area contributed by atoms with Gasteiger partial charge in [-0.1, -0.05) is 24.3 Å². The molecule has 2 N–H and O–H groups in total. The third-order valence-electron chi connectivity index (χ3n) is 8.93. The molecule has 2 aromatic rings. The van der Waals surface area contributed by atoms with E-state index in [-0.39, 0.29) is 11.4 Å². The van der Waals surface area contributed by atoms with Crippen LogP contribution in [0.15, 0.2) is 48.5 Å². The van der Waals surface area contributed by atoms with Crippen LogP contribution >= 0.6 is 0 Å². The summed E-state index contributed by atoms with van der Waals surface area (Å²) >= 11 is 0. The van der Waals surface area contributed by atoms with Gasteiger partial charge >= 0.3 is 53.8 Å². The topological polar surface area (TPSA) is 270 Å². The first-order valence-electron chi connectivity index (χ1n) is 19.1. The van der Waals surface area contributed by atoms with Crippen molar-refractivity contribution in [3.05, 3.63) is 59.7 Å². The number of carbonyl (C=O) groups is 9. The van der Waals surface area contributed by atoms with Crippen molar-refractivity contribution in [1.82, 2.24) is 0 Å². The van der Waals surface area contributed by atoms with E-state index in [1.54, 1.807) is 24.3 Å². The summed E-state index contributed by atoms with van der Waals surface area (Å²) in [7, 11) is 0. The number of hydrogen-bond donors (Lipinski definition) is 2. The van der Waals surface area contributed by atoms with Crippen molar-refractivity contribution in [3.8, 4) is 0 Å². The van der Waals surface area contributed by atoms with Gasteiger partial charge in [-0.05, 0) is 35.4 Å². The molecular formula is C41H48N2O19. The molecule has 0 spiro atoms. The zero-order chi connectivity index (χ0) is 45.8. The van der Waals surface area contributed by atoms with Crippen molar-refractivity contribution in [2.75, 3.05) is 23.8 Å². The number of amides is 2. The average Bonchev–Trinajstić information content (AvgIpc) is 3.15. The maximum atomic E-state index is 13.5. The van der Waals surface area contributed by atoms with Gasteiger partial charge < -0.3 is 58.0 Å². The van der Waals surface area contributed by atoms with Crippen LogP contribution in [0.1, 0.15) is 78.7 Å². The highest BCUT2D eigenvalue weighted by molar-refractivity contribution is 5.99. The molecule has 0 aliphatic carbocycles. The normalized spacial score (nSPS) is 25.4. The molecule has 21 heteroatoms. The molecule has 336 valence electrons. The number of ether oxygens (including phenoxy) is 10. The molecular weight excluding hydrogens is 824 g/mol. The monoisotopic (exact) mass is 872 g/mol. The highest BCUT2D eigenvalue weighted by atomic mass is 16.7. The number of urea groups is 1. The number of rotatable bonds is 14. The highest BCUT2D eigenvalue weighted by Crippen LogP contribution is 2.40. The second-order valence-electron chi connectivity index (χ2n) is 14.1. The minimum absolute atomic E-state index is 0.198. The van der Waals surface area contributed by atoms with E-state index in [0.717, 1.165) is 55.4 Å². The predicted molar refractivity (Wildman–Crippen MR) is 207 cm³/mol. The Bertz CT molecular complexity index is 1880. The first-order valence-corrected chi connectivity index (χ1v) is 19.1. The quantitative estimate of drug-likeness (QED) is 0.204. The van der Waals surface area contributed by atoms with Crippen LogP contribution < -0.4 is 10.6 Å². The molecule has 2 amide bonds. The van der Waals surface area contributed by atoms with Crippen molar-refractivity contribution in [3.63, 3.8) is 0 Å². The molecule has 62 heavy (non-hydrogen) atoms. The standard InChI is InChI=1S/C41H48N2O19/c1-19(44)53-17-31-35(55-21(3)46)39(59-25(7)50)37(57-23(5)48)33(61-31)27-11-9-13-29(15-27)42-41(52)43-30-14-10-12-28(16-30)34-38(58-24(6)49)40(60-26(8)51)36(56-22(4)47)32(62-34)18-54-20(2)45/h9-16,31-40H,17-18H2,1-8H3,(H2,42,43,52)/t31-,32-,33-,34-,35-,36-,37-,38-,39+,40+/m1/s1. The van der Waals surface area contributed by atoms with Gasteiger partial charge in [0.2, 0.25) is 0 Å². The van der Waals surface area contributed by atoms with Gasteiger partial charge in [0.25, 0.3) is 0 Å². The fraction of sp³-hybridized carbons (Fsp3) is 0.488. The van der Waals surface area contributed by atoms with Crippen molar-refractivity contribution >= 4 is 65.2 Å². The lowest BCUT2D eigenvalue weighted by Crippen LogP contribution is -2.59. The highest BCUT2D eigenvalue weighted by Gasteiger charge is 2.54. The lowest BCUT2D eigenvalue weighted by Gasteiger charge is -2.44. The molecule has 0 aromatic heterocycles. The van der Waals surface area contributed by atoms with Crippen LogP contribution in [0, 0.1) is 0 Å². The van der Waals surface area contributed by atoms with E-state index < -0.39 is 128 Å². The summed E-state index contributed by atoms with van der Waals surface area (Å²) in [4.78, 5) is 111. The molecule has 2 fully saturated rings. The molecule has 2 aliphatic rings. The van der Waals surface area contributed by atoms with E-state index in [9.17, 15) is 43.2 Å². The molecule has 2 aromatic carbocycles. The van der Waals surface area contributed by atoms with Gasteiger partial charge in [-0.2, -0.15) is 0 Å². The van der Waals surface area contributed by atoms with Gasteiger partial charge in [0.15, 0.2) is 36.6 Å². The van der Waals surface area contributed by atoms with Crippen LogP contribution in [0.2, 0.25) is 0 Å². The first kappa shape index (κ1) is 48.1. The summed E-state index contributed by atoms with van der Waals surface area (Å²) in [5, 5.41) is 5.37. The Kier molecular flexibility index (Phi) is 16.9. The second-order valence-corrected chi connectivity index (χ2v) is 14.1.